The van der Waals surface area contributed by atoms with Crippen LogP contribution in [0.2, 0.25) is 0 Å². The lowest BCUT2D eigenvalue weighted by Gasteiger charge is -2.38. The first-order valence-corrected chi connectivity index (χ1v) is 5.47. The molecule has 0 fully saturated rings. The van der Waals surface area contributed by atoms with E-state index >= 15 is 0 Å². The summed E-state index contributed by atoms with van der Waals surface area (Å²) in [5, 5.41) is 0. The molecule has 0 amide bonds. The molecule has 0 heterocycles. The van der Waals surface area contributed by atoms with Gasteiger partial charge in [0.2, 0.25) is 0 Å². The largest absolute Gasteiger partial charge is 0.302 e. The molecule has 1 aliphatic rings. The lowest BCUT2D eigenvalue weighted by Crippen LogP contribution is -2.37. The molecule has 2 rings (SSSR count). The van der Waals surface area contributed by atoms with Gasteiger partial charge in [-0.15, -0.1) is 0 Å². The summed E-state index contributed by atoms with van der Waals surface area (Å²) in [6, 6.07) is 6.55. The SMILES string of the molecule is CC(C)(C)c1ccc2c(c1)C(C)(C=O)C2. The van der Waals surface area contributed by atoms with Gasteiger partial charge in [0.1, 0.15) is 6.29 Å². The van der Waals surface area contributed by atoms with Crippen LogP contribution in [0.3, 0.4) is 0 Å². The molecule has 0 spiro atoms. The van der Waals surface area contributed by atoms with Crippen molar-refractivity contribution in [2.24, 2.45) is 0 Å². The second-order valence-corrected chi connectivity index (χ2v) is 5.83. The van der Waals surface area contributed by atoms with Crippen molar-refractivity contribution in [2.45, 2.75) is 44.9 Å². The lowest BCUT2D eigenvalue weighted by molar-refractivity contribution is -0.112. The van der Waals surface area contributed by atoms with Crippen molar-refractivity contribution in [1.82, 2.24) is 0 Å². The number of aldehydes is 1. The van der Waals surface area contributed by atoms with E-state index in [-0.39, 0.29) is 10.8 Å². The summed E-state index contributed by atoms with van der Waals surface area (Å²) in [4.78, 5) is 11.0. The van der Waals surface area contributed by atoms with Crippen molar-refractivity contribution in [3.05, 3.63) is 34.9 Å². The zero-order valence-corrected chi connectivity index (χ0v) is 9.92. The van der Waals surface area contributed by atoms with Crippen LogP contribution in [0.1, 0.15) is 44.4 Å². The summed E-state index contributed by atoms with van der Waals surface area (Å²) in [6.07, 6.45) is 1.98. The highest BCUT2D eigenvalue weighted by Crippen LogP contribution is 2.41. The highest BCUT2D eigenvalue weighted by atomic mass is 16.1. The Kier molecular flexibility index (Phi) is 2.04. The maximum Gasteiger partial charge on any atom is 0.130 e. The van der Waals surface area contributed by atoms with Crippen molar-refractivity contribution in [3.63, 3.8) is 0 Å². The molecule has 1 atom stereocenters. The van der Waals surface area contributed by atoms with Crippen LogP contribution in [0.4, 0.5) is 0 Å². The van der Waals surface area contributed by atoms with Gasteiger partial charge in [-0.1, -0.05) is 39.0 Å². The molecule has 1 heteroatoms. The molecule has 0 radical (unpaired) electrons. The van der Waals surface area contributed by atoms with Gasteiger partial charge in [-0.05, 0) is 35.4 Å². The quantitative estimate of drug-likeness (QED) is 0.640. The molecule has 0 saturated carbocycles. The third-order valence-electron chi connectivity index (χ3n) is 3.41. The van der Waals surface area contributed by atoms with Crippen LogP contribution in [0, 0.1) is 0 Å². The second kappa shape index (κ2) is 2.94. The third kappa shape index (κ3) is 1.50. The maximum absolute atomic E-state index is 11.0. The molecular weight excluding hydrogens is 184 g/mol. The van der Waals surface area contributed by atoms with E-state index in [9.17, 15) is 4.79 Å². The Morgan fingerprint density at radius 2 is 2.00 bits per heavy atom. The third-order valence-corrected chi connectivity index (χ3v) is 3.41. The Morgan fingerprint density at radius 3 is 2.53 bits per heavy atom. The summed E-state index contributed by atoms with van der Waals surface area (Å²) in [5.74, 6) is 0. The van der Waals surface area contributed by atoms with E-state index in [2.05, 4.69) is 39.0 Å². The Hall–Kier alpha value is -1.11. The molecule has 0 aliphatic heterocycles. The Morgan fingerprint density at radius 1 is 1.33 bits per heavy atom. The van der Waals surface area contributed by atoms with Crippen LogP contribution >= 0.6 is 0 Å². The number of benzene rings is 1. The predicted molar refractivity (Wildman–Crippen MR) is 62.3 cm³/mol. The fourth-order valence-corrected chi connectivity index (χ4v) is 2.22. The minimum absolute atomic E-state index is 0.161. The van der Waals surface area contributed by atoms with E-state index in [1.807, 2.05) is 6.92 Å². The van der Waals surface area contributed by atoms with Gasteiger partial charge in [0.15, 0.2) is 0 Å². The van der Waals surface area contributed by atoms with Gasteiger partial charge in [0.05, 0.1) is 5.41 Å². The first-order valence-electron chi connectivity index (χ1n) is 5.47. The number of carbonyl (C=O) groups is 1. The van der Waals surface area contributed by atoms with E-state index in [1.54, 1.807) is 0 Å². The summed E-state index contributed by atoms with van der Waals surface area (Å²) in [6.45, 7) is 8.62. The molecule has 1 nitrogen and oxygen atoms in total. The summed E-state index contributed by atoms with van der Waals surface area (Å²) in [5.41, 5.74) is 3.81. The van der Waals surface area contributed by atoms with Crippen LogP contribution in [-0.4, -0.2) is 6.29 Å². The van der Waals surface area contributed by atoms with Gasteiger partial charge in [0.25, 0.3) is 0 Å². The summed E-state index contributed by atoms with van der Waals surface area (Å²) in [7, 11) is 0. The molecule has 1 unspecified atom stereocenters. The van der Waals surface area contributed by atoms with Gasteiger partial charge in [-0.3, -0.25) is 0 Å². The van der Waals surface area contributed by atoms with Gasteiger partial charge in [-0.25, -0.2) is 0 Å². The average molecular weight is 202 g/mol. The van der Waals surface area contributed by atoms with Gasteiger partial charge < -0.3 is 4.79 Å². The van der Waals surface area contributed by atoms with E-state index in [4.69, 9.17) is 0 Å². The highest BCUT2D eigenvalue weighted by Gasteiger charge is 2.38. The van der Waals surface area contributed by atoms with E-state index in [0.29, 0.717) is 0 Å². The molecule has 1 aromatic carbocycles. The molecule has 0 saturated heterocycles. The smallest absolute Gasteiger partial charge is 0.130 e. The van der Waals surface area contributed by atoms with E-state index in [0.717, 1.165) is 12.7 Å². The lowest BCUT2D eigenvalue weighted by atomic mass is 9.65. The topological polar surface area (TPSA) is 17.1 Å². The van der Waals surface area contributed by atoms with Crippen LogP contribution in [0.5, 0.6) is 0 Å². The predicted octanol–water partition coefficient (Wildman–Crippen LogP) is 3.00. The zero-order valence-electron chi connectivity index (χ0n) is 9.92. The molecule has 1 aromatic rings. The van der Waals surface area contributed by atoms with Gasteiger partial charge >= 0.3 is 0 Å². The summed E-state index contributed by atoms with van der Waals surface area (Å²) < 4.78 is 0. The average Bonchev–Trinajstić information content (AvgIpc) is 2.14. The van der Waals surface area contributed by atoms with Crippen molar-refractivity contribution in [1.29, 1.82) is 0 Å². The van der Waals surface area contributed by atoms with E-state index < -0.39 is 0 Å². The van der Waals surface area contributed by atoms with Crippen molar-refractivity contribution in [3.8, 4) is 0 Å². The minimum Gasteiger partial charge on any atom is -0.302 e. The number of hydrogen-bond acceptors (Lipinski definition) is 1. The van der Waals surface area contributed by atoms with Crippen molar-refractivity contribution >= 4 is 6.29 Å². The highest BCUT2D eigenvalue weighted by molar-refractivity contribution is 5.74. The second-order valence-electron chi connectivity index (χ2n) is 5.83. The Labute approximate surface area is 91.5 Å². The van der Waals surface area contributed by atoms with Crippen molar-refractivity contribution in [2.75, 3.05) is 0 Å². The molecule has 0 aromatic heterocycles. The minimum atomic E-state index is -0.226. The number of fused-ring (bicyclic) bond motifs is 1. The van der Waals surface area contributed by atoms with Gasteiger partial charge in [0, 0.05) is 0 Å². The van der Waals surface area contributed by atoms with Crippen LogP contribution < -0.4 is 0 Å². The first-order chi connectivity index (χ1) is 6.87. The Bertz CT molecular complexity index is 412. The van der Waals surface area contributed by atoms with Crippen LogP contribution in [-0.2, 0) is 22.0 Å². The molecule has 1 aliphatic carbocycles. The molecule has 80 valence electrons. The first kappa shape index (κ1) is 10.4. The number of rotatable bonds is 1. The fraction of sp³-hybridized carbons (Fsp3) is 0.500. The molecular formula is C14H18O. The normalized spacial score (nSPS) is 24.3. The fourth-order valence-electron chi connectivity index (χ4n) is 2.22. The molecule has 15 heavy (non-hydrogen) atoms. The van der Waals surface area contributed by atoms with Crippen molar-refractivity contribution < 1.29 is 4.79 Å². The standard InChI is InChI=1S/C14H18O/c1-13(2,3)11-6-5-10-8-14(4,9-15)12(10)7-11/h5-7,9H,8H2,1-4H3. The molecule has 0 N–H and O–H groups in total. The van der Waals surface area contributed by atoms with Crippen LogP contribution in [0.15, 0.2) is 18.2 Å². The Balaban J connectivity index is 2.47. The monoisotopic (exact) mass is 202 g/mol. The summed E-state index contributed by atoms with van der Waals surface area (Å²) >= 11 is 0. The zero-order chi connectivity index (χ0) is 11.3. The molecule has 0 bridgehead atoms. The van der Waals surface area contributed by atoms with Crippen LogP contribution in [0.25, 0.3) is 0 Å². The number of hydrogen-bond donors (Lipinski definition) is 0. The van der Waals surface area contributed by atoms with E-state index in [1.165, 1.54) is 16.7 Å². The maximum atomic E-state index is 11.0. The number of carbonyl (C=O) groups excluding carboxylic acids is 1. The van der Waals surface area contributed by atoms with Gasteiger partial charge in [-0.2, -0.15) is 0 Å².